The van der Waals surface area contributed by atoms with Crippen LogP contribution in [0.3, 0.4) is 0 Å². The van der Waals surface area contributed by atoms with Gasteiger partial charge in [-0.15, -0.1) is 0 Å². The van der Waals surface area contributed by atoms with E-state index in [4.69, 9.17) is 5.73 Å². The van der Waals surface area contributed by atoms with Crippen molar-refractivity contribution in [2.45, 2.75) is 4.64 Å². The van der Waals surface area contributed by atoms with Crippen molar-refractivity contribution in [3.05, 3.63) is 0 Å². The fourth-order valence-electron chi connectivity index (χ4n) is 0. The number of rotatable bonds is 1. The molecule has 0 spiro atoms. The Balaban J connectivity index is 2.85. The first-order chi connectivity index (χ1) is 2.27. The molecule has 0 bridgehead atoms. The zero-order valence-electron chi connectivity index (χ0n) is 2.49. The average Bonchev–Trinajstić information content (AvgIpc) is 1.38. The van der Waals surface area contributed by atoms with E-state index < -0.39 is 0 Å². The fraction of sp³-hybridized carbons (Fsp3) is 0.500. The summed E-state index contributed by atoms with van der Waals surface area (Å²) in [6, 6.07) is 0. The van der Waals surface area contributed by atoms with Crippen molar-refractivity contribution in [3.63, 3.8) is 0 Å². The molecule has 0 atom stereocenters. The predicted octanol–water partition coefficient (Wildman–Crippen LogP) is 0.238. The van der Waals surface area contributed by atoms with E-state index in [0.717, 1.165) is 0 Å². The average molecular weight is 182 g/mol. The number of hydrogen-bond donors (Lipinski definition) is 1. The molecule has 1 nitrogen and oxygen atoms in total. The summed E-state index contributed by atoms with van der Waals surface area (Å²) in [6.45, 7) is 0. The van der Waals surface area contributed by atoms with Gasteiger partial charge in [0, 0.05) is 0 Å². The molecule has 0 aromatic rings. The van der Waals surface area contributed by atoms with E-state index in [1.54, 1.807) is 0 Å². The number of thiocarbonyl (C=S) groups is 1. The van der Waals surface area contributed by atoms with Crippen molar-refractivity contribution in [2.24, 2.45) is 5.73 Å². The molecular weight excluding hydrogens is 178 g/mol. The van der Waals surface area contributed by atoms with Gasteiger partial charge in [-0.3, -0.25) is 0 Å². The molecule has 0 rings (SSSR count). The molecule has 0 unspecified atom stereocenters. The van der Waals surface area contributed by atoms with E-state index in [1.165, 1.54) is 0 Å². The first-order valence-corrected chi connectivity index (χ1v) is 2.52. The van der Waals surface area contributed by atoms with Crippen molar-refractivity contribution >= 4 is 17.2 Å². The molecule has 34 valence electrons. The Hall–Kier alpha value is 0.630. The molecule has 0 amide bonds. The van der Waals surface area contributed by atoms with Crippen LogP contribution in [0.5, 0.6) is 0 Å². The molecule has 0 aliphatic heterocycles. The van der Waals surface area contributed by atoms with Gasteiger partial charge in [-0.05, 0) is 0 Å². The number of hydrogen-bond acceptors (Lipinski definition) is 1. The third-order valence-corrected chi connectivity index (χ3v) is 1.14. The van der Waals surface area contributed by atoms with E-state index in [2.05, 4.69) is 33.3 Å². The Morgan fingerprint density at radius 2 is 2.20 bits per heavy atom. The molecule has 0 aliphatic carbocycles. The van der Waals surface area contributed by atoms with Crippen molar-refractivity contribution in [1.82, 2.24) is 0 Å². The van der Waals surface area contributed by atoms with Crippen LogP contribution < -0.4 is 5.73 Å². The molecule has 5 heavy (non-hydrogen) atoms. The van der Waals surface area contributed by atoms with Crippen LogP contribution in [-0.4, -0.2) is 4.99 Å². The first-order valence-electron chi connectivity index (χ1n) is 1.06. The summed E-state index contributed by atoms with van der Waals surface area (Å²) >= 11 is 7.49. The van der Waals surface area contributed by atoms with E-state index in [1.807, 2.05) is 0 Å². The summed E-state index contributed by atoms with van der Waals surface area (Å²) in [5.74, 6) is 0. The van der Waals surface area contributed by atoms with Crippen LogP contribution in [0, 0.1) is 0 Å². The summed E-state index contributed by atoms with van der Waals surface area (Å²) in [4.78, 5) is 0.504. The van der Waals surface area contributed by atoms with Crippen molar-refractivity contribution in [3.8, 4) is 0 Å². The monoisotopic (exact) mass is 181 g/mol. The Morgan fingerprint density at radius 1 is 2.00 bits per heavy atom. The van der Waals surface area contributed by atoms with E-state index in [0.29, 0.717) is 9.63 Å². The third-order valence-electron chi connectivity index (χ3n) is 0.105. The van der Waals surface area contributed by atoms with Gasteiger partial charge in [-0.2, -0.15) is 0 Å². The zero-order chi connectivity index (χ0) is 4.28. The molecule has 0 saturated heterocycles. The van der Waals surface area contributed by atoms with Crippen LogP contribution in [0.1, 0.15) is 0 Å². The molecule has 0 aliphatic rings. The van der Waals surface area contributed by atoms with Crippen LogP contribution in [0.15, 0.2) is 0 Å². The van der Waals surface area contributed by atoms with Gasteiger partial charge >= 0.3 is 48.6 Å². The molecular formula is C2H4AgNS. The Bertz CT molecular complexity index is 44.9. The molecule has 0 aromatic carbocycles. The van der Waals surface area contributed by atoms with Crippen LogP contribution in [0.2, 0.25) is 4.64 Å². The Morgan fingerprint density at radius 3 is 2.20 bits per heavy atom. The Kier molecular flexibility index (Phi) is 3.21. The zero-order valence-corrected chi connectivity index (χ0v) is 4.79. The maximum absolute atomic E-state index is 4.98. The minimum atomic E-state index is 0.504. The predicted molar refractivity (Wildman–Crippen MR) is 21.6 cm³/mol. The summed E-state index contributed by atoms with van der Waals surface area (Å²) in [5.41, 5.74) is 4.98. The fourth-order valence-corrected chi connectivity index (χ4v) is 0. The van der Waals surface area contributed by atoms with E-state index in [9.17, 15) is 0 Å². The molecule has 0 aromatic heterocycles. The topological polar surface area (TPSA) is 26.0 Å². The van der Waals surface area contributed by atoms with Crippen LogP contribution in [-0.2, 0) is 21.1 Å². The third kappa shape index (κ3) is 4.63. The summed E-state index contributed by atoms with van der Waals surface area (Å²) in [5, 5.41) is 0. The molecule has 3 heteroatoms. The van der Waals surface area contributed by atoms with Crippen molar-refractivity contribution in [1.29, 1.82) is 0 Å². The Labute approximate surface area is 48.8 Å². The molecule has 0 radical (unpaired) electrons. The van der Waals surface area contributed by atoms with Gasteiger partial charge in [-0.1, -0.05) is 0 Å². The van der Waals surface area contributed by atoms with Crippen molar-refractivity contribution in [2.75, 3.05) is 0 Å². The van der Waals surface area contributed by atoms with Crippen LogP contribution in [0.4, 0.5) is 0 Å². The second kappa shape index (κ2) is 2.85. The standard InChI is InChI=1S/C2H4NS.Ag/c1-2(3)4;/h1H2,(H2,3,4);. The summed E-state index contributed by atoms with van der Waals surface area (Å²) in [6.07, 6.45) is 0. The number of nitrogens with two attached hydrogens (primary N) is 1. The first kappa shape index (κ1) is 5.63. The molecule has 0 saturated carbocycles. The van der Waals surface area contributed by atoms with E-state index >= 15 is 0 Å². The second-order valence-electron chi connectivity index (χ2n) is 0.573. The molecule has 0 fully saturated rings. The van der Waals surface area contributed by atoms with Crippen LogP contribution >= 0.6 is 12.2 Å². The van der Waals surface area contributed by atoms with E-state index in [-0.39, 0.29) is 0 Å². The van der Waals surface area contributed by atoms with Crippen LogP contribution in [0.25, 0.3) is 0 Å². The van der Waals surface area contributed by atoms with Gasteiger partial charge in [0.2, 0.25) is 0 Å². The van der Waals surface area contributed by atoms with Gasteiger partial charge in [-0.25, -0.2) is 0 Å². The molecule has 0 heterocycles. The second-order valence-corrected chi connectivity index (χ2v) is 1.62. The normalized spacial score (nSPS) is 7.60. The molecule has 2 N–H and O–H groups in total. The maximum atomic E-state index is 4.98. The SMILES string of the molecule is NC(=S)[CH2][Ag]. The summed E-state index contributed by atoms with van der Waals surface area (Å²) in [7, 11) is 0. The summed E-state index contributed by atoms with van der Waals surface area (Å²) < 4.78 is 0.625. The van der Waals surface area contributed by atoms with Gasteiger partial charge in [0.25, 0.3) is 0 Å². The quantitative estimate of drug-likeness (QED) is 0.464. The van der Waals surface area contributed by atoms with Gasteiger partial charge < -0.3 is 0 Å². The van der Waals surface area contributed by atoms with Gasteiger partial charge in [0.05, 0.1) is 0 Å². The van der Waals surface area contributed by atoms with Gasteiger partial charge in [0.15, 0.2) is 0 Å². The van der Waals surface area contributed by atoms with Gasteiger partial charge in [0.1, 0.15) is 0 Å². The van der Waals surface area contributed by atoms with Crippen molar-refractivity contribution < 1.29 is 21.1 Å². The minimum absolute atomic E-state index is 0.504.